The van der Waals surface area contributed by atoms with Crippen LogP contribution in [-0.4, -0.2) is 47.0 Å². The molecule has 13 heteroatoms. The van der Waals surface area contributed by atoms with Gasteiger partial charge in [-0.25, -0.2) is 18.8 Å². The van der Waals surface area contributed by atoms with Gasteiger partial charge in [0.2, 0.25) is 0 Å². The number of rotatable bonds is 8. The van der Waals surface area contributed by atoms with Crippen molar-refractivity contribution in [3.63, 3.8) is 0 Å². The number of ether oxygens (including phenoxy) is 4. The fourth-order valence-corrected chi connectivity index (χ4v) is 6.93. The Labute approximate surface area is 314 Å². The molecule has 0 saturated heterocycles. The molecule has 0 saturated carbocycles. The number of hydrogen-bond acceptors (Lipinski definition) is 10. The molecule has 0 bridgehead atoms. The number of aromatic carboxylic acids is 1. The van der Waals surface area contributed by atoms with E-state index in [9.17, 15) is 34.2 Å². The third-order valence-corrected chi connectivity index (χ3v) is 10.1. The molecule has 3 aromatic rings. The maximum Gasteiger partial charge on any atom is 0.347 e. The van der Waals surface area contributed by atoms with Crippen LogP contribution in [0.25, 0.3) is 0 Å². The molecular formula is C40H40BrFO11. The Morgan fingerprint density at radius 3 is 1.87 bits per heavy atom. The first-order valence-corrected chi connectivity index (χ1v) is 17.4. The van der Waals surface area contributed by atoms with Gasteiger partial charge < -0.3 is 29.2 Å². The number of methoxy groups -OCH3 is 1. The van der Waals surface area contributed by atoms with Crippen LogP contribution in [0.5, 0.6) is 23.0 Å². The Balaban J connectivity index is 0.000000541. The number of phenolic OH excluding ortho intramolecular Hbond substituents is 1. The minimum absolute atomic E-state index is 0.0283. The molecule has 0 unspecified atom stereocenters. The number of hydrogen-bond donors (Lipinski definition) is 2. The molecule has 2 aliphatic rings. The number of benzene rings is 3. The number of halogens is 2. The van der Waals surface area contributed by atoms with Gasteiger partial charge in [-0.15, -0.1) is 0 Å². The Morgan fingerprint density at radius 2 is 1.32 bits per heavy atom. The highest BCUT2D eigenvalue weighted by Gasteiger charge is 2.36. The normalized spacial score (nSPS) is 12.8. The third kappa shape index (κ3) is 7.90. The lowest BCUT2D eigenvalue weighted by atomic mass is 9.94. The molecule has 0 radical (unpaired) electrons. The summed E-state index contributed by atoms with van der Waals surface area (Å²) < 4.78 is 37.3. The van der Waals surface area contributed by atoms with E-state index in [2.05, 4.69) is 15.9 Å². The topological polar surface area (TPSA) is 163 Å². The zero-order chi connectivity index (χ0) is 39.8. The van der Waals surface area contributed by atoms with Gasteiger partial charge in [0.05, 0.1) is 18.2 Å². The maximum absolute atomic E-state index is 15.9. The van der Waals surface area contributed by atoms with Gasteiger partial charge in [-0.2, -0.15) is 0 Å². The highest BCUT2D eigenvalue weighted by Crippen LogP contribution is 2.46. The molecule has 0 aromatic heterocycles. The number of carboxylic acids is 1. The van der Waals surface area contributed by atoms with E-state index in [1.165, 1.54) is 26.8 Å². The second kappa shape index (κ2) is 15.7. The number of esters is 3. The molecule has 0 spiro atoms. The summed E-state index contributed by atoms with van der Waals surface area (Å²) in [4.78, 5) is 60.9. The third-order valence-electron chi connectivity index (χ3n) is 9.39. The Morgan fingerprint density at radius 1 is 0.755 bits per heavy atom. The molecule has 53 heavy (non-hydrogen) atoms. The monoisotopic (exact) mass is 794 g/mol. The van der Waals surface area contributed by atoms with Crippen molar-refractivity contribution in [3.8, 4) is 23.0 Å². The zero-order valence-corrected chi connectivity index (χ0v) is 32.7. The van der Waals surface area contributed by atoms with E-state index < -0.39 is 35.4 Å². The van der Waals surface area contributed by atoms with Crippen LogP contribution < -0.4 is 14.2 Å². The van der Waals surface area contributed by atoms with E-state index in [1.807, 2.05) is 6.92 Å². The zero-order valence-electron chi connectivity index (χ0n) is 31.1. The van der Waals surface area contributed by atoms with Crippen LogP contribution in [0.15, 0.2) is 28.0 Å². The van der Waals surface area contributed by atoms with Crippen LogP contribution in [-0.2, 0) is 27.2 Å². The average molecular weight is 796 g/mol. The molecule has 2 aliphatic carbocycles. The van der Waals surface area contributed by atoms with Crippen molar-refractivity contribution in [1.82, 2.24) is 0 Å². The average Bonchev–Trinajstić information content (AvgIpc) is 3.86. The molecule has 0 amide bonds. The minimum atomic E-state index is -1.05. The summed E-state index contributed by atoms with van der Waals surface area (Å²) in [6.45, 7) is 14.2. The molecule has 0 atom stereocenters. The van der Waals surface area contributed by atoms with Crippen molar-refractivity contribution in [3.05, 3.63) is 101 Å². The number of carbonyl (C=O) groups is 5. The van der Waals surface area contributed by atoms with Crippen LogP contribution >= 0.6 is 15.9 Å². The summed E-state index contributed by atoms with van der Waals surface area (Å²) >= 11 is 3.16. The van der Waals surface area contributed by atoms with E-state index in [1.54, 1.807) is 47.8 Å². The summed E-state index contributed by atoms with van der Waals surface area (Å²) in [6, 6.07) is 0. The molecule has 3 aromatic carbocycles. The molecule has 0 heterocycles. The first-order chi connectivity index (χ1) is 24.8. The van der Waals surface area contributed by atoms with Crippen LogP contribution in [0.3, 0.4) is 0 Å². The number of fused-ring (bicyclic) bond motifs is 1. The first-order valence-electron chi connectivity index (χ1n) is 16.6. The van der Waals surface area contributed by atoms with Crippen LogP contribution in [0.1, 0.15) is 108 Å². The molecule has 2 N–H and O–H groups in total. The Kier molecular flexibility index (Phi) is 12.0. The van der Waals surface area contributed by atoms with E-state index in [0.717, 1.165) is 17.8 Å². The largest absolute Gasteiger partial charge is 0.506 e. The number of aromatic hydroxyl groups is 1. The van der Waals surface area contributed by atoms with Crippen LogP contribution in [0.2, 0.25) is 0 Å². The van der Waals surface area contributed by atoms with Crippen LogP contribution in [0.4, 0.5) is 4.39 Å². The van der Waals surface area contributed by atoms with Crippen molar-refractivity contribution in [1.29, 1.82) is 0 Å². The molecule has 5 rings (SSSR count). The SMILES string of the molecule is CCc1c(C)c(C(=O)Oc2c(C)c(C)c(C(=O)O)c3c2C3)c(C)c(F)c1OC(=O)c1c(C)c(C)c(OC(C)=O)c(Br)c1O.COC1=CC(=O)C=C(C)C1. The molecule has 0 aliphatic heterocycles. The van der Waals surface area contributed by atoms with Crippen molar-refractivity contribution >= 4 is 45.6 Å². The lowest BCUT2D eigenvalue weighted by Crippen LogP contribution is -2.19. The second-order valence-corrected chi connectivity index (χ2v) is 13.7. The van der Waals surface area contributed by atoms with Crippen molar-refractivity contribution in [2.24, 2.45) is 0 Å². The van der Waals surface area contributed by atoms with Crippen molar-refractivity contribution < 1.29 is 57.5 Å². The van der Waals surface area contributed by atoms with E-state index in [0.29, 0.717) is 39.8 Å². The van der Waals surface area contributed by atoms with Gasteiger partial charge in [0.15, 0.2) is 23.1 Å². The van der Waals surface area contributed by atoms with Gasteiger partial charge in [-0.05, 0) is 110 Å². The maximum atomic E-state index is 15.9. The predicted molar refractivity (Wildman–Crippen MR) is 196 cm³/mol. The Bertz CT molecular complexity index is 2160. The van der Waals surface area contributed by atoms with Crippen molar-refractivity contribution in [2.45, 2.75) is 81.6 Å². The summed E-state index contributed by atoms with van der Waals surface area (Å²) in [5.41, 5.74) is 4.34. The summed E-state index contributed by atoms with van der Waals surface area (Å²) in [6.07, 6.45) is 4.48. The van der Waals surface area contributed by atoms with E-state index >= 15 is 4.39 Å². The minimum Gasteiger partial charge on any atom is -0.506 e. The van der Waals surface area contributed by atoms with Gasteiger partial charge >= 0.3 is 23.9 Å². The van der Waals surface area contributed by atoms with Crippen LogP contribution in [0, 0.1) is 47.4 Å². The highest BCUT2D eigenvalue weighted by atomic mass is 79.9. The molecule has 0 fully saturated rings. The van der Waals surface area contributed by atoms with Gasteiger partial charge in [-0.3, -0.25) is 9.59 Å². The van der Waals surface area contributed by atoms with E-state index in [4.69, 9.17) is 18.9 Å². The Hall–Kier alpha value is -5.30. The van der Waals surface area contributed by atoms with Gasteiger partial charge in [-0.1, -0.05) is 12.5 Å². The number of phenols is 1. The number of carbonyl (C=O) groups excluding carboxylic acids is 4. The van der Waals surface area contributed by atoms with E-state index in [-0.39, 0.29) is 67.3 Å². The standard InChI is InChI=1S/C32H30BrFO9.C8H10O2/c1-9-18-15(6)21(31(39)42-27-13(4)11(2)22(30(37)38)19-10-20(19)27)16(7)25(34)29(18)43-32(40)23-12(3)14(5)28(41-17(8)35)24(33)26(23)36;1-6-3-7(9)5-8(4-6)10-2/h36H,9-10H2,1-8H3,(H,37,38);3,5H,4H2,1-2H3. The van der Waals surface area contributed by atoms with Gasteiger partial charge in [0.1, 0.15) is 27.3 Å². The molecule has 11 nitrogen and oxygen atoms in total. The first kappa shape index (κ1) is 40.5. The smallest absolute Gasteiger partial charge is 0.347 e. The molecule has 280 valence electrons. The lowest BCUT2D eigenvalue weighted by molar-refractivity contribution is -0.132. The predicted octanol–water partition coefficient (Wildman–Crippen LogP) is 8.11. The fourth-order valence-electron chi connectivity index (χ4n) is 6.35. The quantitative estimate of drug-likeness (QED) is 0.131. The van der Waals surface area contributed by atoms with Gasteiger partial charge in [0.25, 0.3) is 0 Å². The summed E-state index contributed by atoms with van der Waals surface area (Å²) in [5, 5.41) is 20.4. The summed E-state index contributed by atoms with van der Waals surface area (Å²) in [5.74, 6) is -4.35. The lowest BCUT2D eigenvalue weighted by Gasteiger charge is -2.20. The summed E-state index contributed by atoms with van der Waals surface area (Å²) in [7, 11) is 1.58. The number of allylic oxidation sites excluding steroid dienone is 3. The second-order valence-electron chi connectivity index (χ2n) is 12.9. The van der Waals surface area contributed by atoms with Gasteiger partial charge in [0, 0.05) is 42.5 Å². The van der Waals surface area contributed by atoms with Crippen molar-refractivity contribution in [2.75, 3.05) is 7.11 Å². The molecular weight excluding hydrogens is 755 g/mol. The number of carboxylic acid groups (broad SMARTS) is 1. The highest BCUT2D eigenvalue weighted by molar-refractivity contribution is 9.10. The number of ketones is 1. The fraction of sp³-hybridized carbons (Fsp3) is 0.325.